The summed E-state index contributed by atoms with van der Waals surface area (Å²) in [5, 5.41) is 0. The molecule has 0 radical (unpaired) electrons. The summed E-state index contributed by atoms with van der Waals surface area (Å²) in [7, 11) is 0. The van der Waals surface area contributed by atoms with Crippen molar-refractivity contribution in [3.8, 4) is 0 Å². The maximum absolute atomic E-state index is 2.30. The van der Waals surface area contributed by atoms with Gasteiger partial charge in [-0.15, -0.1) is 0 Å². The van der Waals surface area contributed by atoms with E-state index in [2.05, 4.69) is 48.6 Å². The monoisotopic (exact) mass is 198 g/mol. The minimum Gasteiger partial charge on any atom is -0.0839 e. The highest BCUT2D eigenvalue weighted by molar-refractivity contribution is 5.57. The van der Waals surface area contributed by atoms with Gasteiger partial charge in [-0.2, -0.15) is 0 Å². The van der Waals surface area contributed by atoms with Gasteiger partial charge in [-0.3, -0.25) is 0 Å². The molecule has 0 unspecified atom stereocenters. The molecule has 2 bridgehead atoms. The van der Waals surface area contributed by atoms with Crippen LogP contribution in [-0.2, 0) is 0 Å². The summed E-state index contributed by atoms with van der Waals surface area (Å²) in [6.07, 6.45) is 15.5. The number of allylic oxidation sites excluding steroid dienone is 2. The van der Waals surface area contributed by atoms with Gasteiger partial charge < -0.3 is 0 Å². The Morgan fingerprint density at radius 1 is 0.733 bits per heavy atom. The standard InChI is InChI=1S/C15H18/c1-2-4-6-9-14-11-8-12-15(13-14)10-7-5-3-1/h6-13H,1-5H2/b9-6-,10-7-. The van der Waals surface area contributed by atoms with Crippen molar-refractivity contribution in [2.45, 2.75) is 32.1 Å². The van der Waals surface area contributed by atoms with Crippen LogP contribution in [0, 0.1) is 0 Å². The highest BCUT2D eigenvalue weighted by Gasteiger charge is 1.92. The minimum absolute atomic E-state index is 1.22. The quantitative estimate of drug-likeness (QED) is 0.568. The lowest BCUT2D eigenvalue weighted by Crippen LogP contribution is -1.79. The number of fused-ring (bicyclic) bond motifs is 2. The number of benzene rings is 1. The fourth-order valence-electron chi connectivity index (χ4n) is 1.91. The zero-order chi connectivity index (χ0) is 10.3. The van der Waals surface area contributed by atoms with Crippen LogP contribution in [0.2, 0.25) is 0 Å². The average molecular weight is 198 g/mol. The second-order valence-electron chi connectivity index (χ2n) is 4.11. The Morgan fingerprint density at radius 3 is 1.93 bits per heavy atom. The van der Waals surface area contributed by atoms with E-state index in [1.54, 1.807) is 0 Å². The molecule has 0 aromatic heterocycles. The average Bonchev–Trinajstić information content (AvgIpc) is 2.26. The molecule has 1 aliphatic rings. The molecular formula is C15H18. The summed E-state index contributed by atoms with van der Waals surface area (Å²) in [5.74, 6) is 0. The van der Waals surface area contributed by atoms with Crippen LogP contribution in [0.3, 0.4) is 0 Å². The molecule has 0 heterocycles. The van der Waals surface area contributed by atoms with Crippen LogP contribution in [0.15, 0.2) is 36.4 Å². The molecule has 0 spiro atoms. The first-order chi connectivity index (χ1) is 7.45. The van der Waals surface area contributed by atoms with Crippen LogP contribution in [0.5, 0.6) is 0 Å². The molecule has 1 aliphatic carbocycles. The third kappa shape index (κ3) is 3.39. The predicted octanol–water partition coefficient (Wildman–Crippen LogP) is 4.68. The lowest BCUT2D eigenvalue weighted by atomic mass is 10.1. The second kappa shape index (κ2) is 5.55. The lowest BCUT2D eigenvalue weighted by Gasteiger charge is -2.00. The van der Waals surface area contributed by atoms with E-state index in [0.29, 0.717) is 0 Å². The Morgan fingerprint density at radius 2 is 1.33 bits per heavy atom. The Balaban J connectivity index is 2.20. The summed E-state index contributed by atoms with van der Waals surface area (Å²) in [6.45, 7) is 0. The summed E-state index contributed by atoms with van der Waals surface area (Å²) >= 11 is 0. The lowest BCUT2D eigenvalue weighted by molar-refractivity contribution is 0.697. The Labute approximate surface area is 92.3 Å². The SMILES string of the molecule is C1=C\c2cccc(c2)/C=C\CCCCC/1. The molecule has 0 nitrogen and oxygen atoms in total. The molecule has 0 aliphatic heterocycles. The van der Waals surface area contributed by atoms with Crippen LogP contribution < -0.4 is 0 Å². The van der Waals surface area contributed by atoms with Crippen molar-refractivity contribution in [2.24, 2.45) is 0 Å². The largest absolute Gasteiger partial charge is 0.0839 e. The molecule has 1 aromatic rings. The first-order valence-corrected chi connectivity index (χ1v) is 5.88. The van der Waals surface area contributed by atoms with Crippen molar-refractivity contribution in [1.29, 1.82) is 0 Å². The molecule has 0 amide bonds. The normalized spacial score (nSPS) is 21.1. The van der Waals surface area contributed by atoms with Crippen LogP contribution in [0.25, 0.3) is 12.2 Å². The highest BCUT2D eigenvalue weighted by atomic mass is 14.0. The van der Waals surface area contributed by atoms with E-state index in [1.807, 2.05) is 0 Å². The van der Waals surface area contributed by atoms with Gasteiger partial charge >= 0.3 is 0 Å². The first kappa shape index (κ1) is 10.2. The van der Waals surface area contributed by atoms with Crippen molar-refractivity contribution in [3.63, 3.8) is 0 Å². The van der Waals surface area contributed by atoms with Crippen molar-refractivity contribution in [1.82, 2.24) is 0 Å². The maximum Gasteiger partial charge on any atom is -0.0254 e. The molecule has 0 N–H and O–H groups in total. The molecule has 0 saturated heterocycles. The zero-order valence-electron chi connectivity index (χ0n) is 9.15. The number of rotatable bonds is 0. The summed E-state index contributed by atoms with van der Waals surface area (Å²) in [6, 6.07) is 8.71. The highest BCUT2D eigenvalue weighted by Crippen LogP contribution is 2.13. The van der Waals surface area contributed by atoms with Crippen LogP contribution in [-0.4, -0.2) is 0 Å². The molecule has 0 fully saturated rings. The Hall–Kier alpha value is -1.30. The van der Waals surface area contributed by atoms with Gasteiger partial charge in [-0.25, -0.2) is 0 Å². The van der Waals surface area contributed by atoms with Gasteiger partial charge in [-0.05, 0) is 42.9 Å². The van der Waals surface area contributed by atoms with E-state index in [-0.39, 0.29) is 0 Å². The fraction of sp³-hybridized carbons (Fsp3) is 0.333. The van der Waals surface area contributed by atoms with E-state index in [0.717, 1.165) is 0 Å². The van der Waals surface area contributed by atoms with Crippen molar-refractivity contribution in [3.05, 3.63) is 47.5 Å². The number of hydrogen-bond donors (Lipinski definition) is 0. The molecule has 2 rings (SSSR count). The van der Waals surface area contributed by atoms with E-state index >= 15 is 0 Å². The third-order valence-corrected chi connectivity index (χ3v) is 2.77. The topological polar surface area (TPSA) is 0 Å². The van der Waals surface area contributed by atoms with Crippen molar-refractivity contribution >= 4 is 12.2 Å². The van der Waals surface area contributed by atoms with Gasteiger partial charge in [0.25, 0.3) is 0 Å². The molecule has 0 heteroatoms. The van der Waals surface area contributed by atoms with E-state index in [1.165, 1.54) is 43.2 Å². The molecular weight excluding hydrogens is 180 g/mol. The van der Waals surface area contributed by atoms with E-state index in [4.69, 9.17) is 0 Å². The predicted molar refractivity (Wildman–Crippen MR) is 67.6 cm³/mol. The van der Waals surface area contributed by atoms with Gasteiger partial charge in [0.1, 0.15) is 0 Å². The Kier molecular flexibility index (Phi) is 3.78. The molecule has 0 atom stereocenters. The first-order valence-electron chi connectivity index (χ1n) is 5.88. The Bertz CT molecular complexity index is 327. The van der Waals surface area contributed by atoms with E-state index in [9.17, 15) is 0 Å². The van der Waals surface area contributed by atoms with Crippen molar-refractivity contribution < 1.29 is 0 Å². The molecule has 0 saturated carbocycles. The summed E-state index contributed by atoms with van der Waals surface area (Å²) < 4.78 is 0. The summed E-state index contributed by atoms with van der Waals surface area (Å²) in [4.78, 5) is 0. The van der Waals surface area contributed by atoms with Crippen LogP contribution >= 0.6 is 0 Å². The maximum atomic E-state index is 2.30. The zero-order valence-corrected chi connectivity index (χ0v) is 9.15. The van der Waals surface area contributed by atoms with Crippen LogP contribution in [0.4, 0.5) is 0 Å². The molecule has 15 heavy (non-hydrogen) atoms. The van der Waals surface area contributed by atoms with Crippen molar-refractivity contribution in [2.75, 3.05) is 0 Å². The second-order valence-corrected chi connectivity index (χ2v) is 4.11. The smallest absolute Gasteiger partial charge is 0.0254 e. The van der Waals surface area contributed by atoms with Gasteiger partial charge in [-0.1, -0.05) is 48.9 Å². The van der Waals surface area contributed by atoms with Gasteiger partial charge in [0.15, 0.2) is 0 Å². The van der Waals surface area contributed by atoms with Gasteiger partial charge in [0.05, 0.1) is 0 Å². The third-order valence-electron chi connectivity index (χ3n) is 2.77. The van der Waals surface area contributed by atoms with Crippen LogP contribution in [0.1, 0.15) is 43.2 Å². The fourth-order valence-corrected chi connectivity index (χ4v) is 1.91. The molecule has 1 aromatic carbocycles. The molecule has 78 valence electrons. The summed E-state index contributed by atoms with van der Waals surface area (Å²) in [5.41, 5.74) is 2.63. The van der Waals surface area contributed by atoms with Gasteiger partial charge in [0.2, 0.25) is 0 Å². The van der Waals surface area contributed by atoms with E-state index < -0.39 is 0 Å². The minimum atomic E-state index is 1.22. The van der Waals surface area contributed by atoms with Gasteiger partial charge in [0, 0.05) is 0 Å². The number of hydrogen-bond acceptors (Lipinski definition) is 0.